The van der Waals surface area contributed by atoms with Crippen molar-refractivity contribution in [2.24, 2.45) is 0 Å². The Morgan fingerprint density at radius 3 is 2.80 bits per heavy atom. The van der Waals surface area contributed by atoms with Gasteiger partial charge < -0.3 is 9.84 Å². The lowest BCUT2D eigenvalue weighted by Gasteiger charge is -2.43. The normalized spacial score (nSPS) is 23.1. The van der Waals surface area contributed by atoms with Gasteiger partial charge in [0.1, 0.15) is 0 Å². The number of likely N-dealkylation sites (tertiary alicyclic amines) is 1. The molecule has 1 aromatic carbocycles. The highest BCUT2D eigenvalue weighted by molar-refractivity contribution is 5.66. The minimum absolute atomic E-state index is 0.412. The number of hydrogen-bond donors (Lipinski definition) is 1. The van der Waals surface area contributed by atoms with Gasteiger partial charge in [0.2, 0.25) is 0 Å². The molecule has 1 fully saturated rings. The molecule has 0 aromatic heterocycles. The first-order valence-corrected chi connectivity index (χ1v) is 7.00. The lowest BCUT2D eigenvalue weighted by atomic mass is 9.97. The highest BCUT2D eigenvalue weighted by Crippen LogP contribution is 2.32. The highest BCUT2D eigenvalue weighted by atomic mass is 16.5. The Morgan fingerprint density at radius 1 is 1.40 bits per heavy atom. The van der Waals surface area contributed by atoms with E-state index < -0.39 is 11.8 Å². The molecule has 1 aliphatic heterocycles. The van der Waals surface area contributed by atoms with E-state index in [2.05, 4.69) is 0 Å². The second kappa shape index (κ2) is 6.57. The molecule has 108 valence electrons. The van der Waals surface area contributed by atoms with Crippen LogP contribution in [0.25, 0.3) is 0 Å². The smallest absolute Gasteiger partial charge is 0.409 e. The minimum Gasteiger partial charge on any atom is -0.465 e. The second-order valence-electron chi connectivity index (χ2n) is 5.01. The van der Waals surface area contributed by atoms with Gasteiger partial charge in [0, 0.05) is 6.54 Å². The summed E-state index contributed by atoms with van der Waals surface area (Å²) < 4.78 is 6.03. The number of amides is 1. The van der Waals surface area contributed by atoms with Crippen molar-refractivity contribution >= 4 is 6.09 Å². The Labute approximate surface area is 119 Å². The van der Waals surface area contributed by atoms with E-state index >= 15 is 0 Å². The zero-order valence-corrected chi connectivity index (χ0v) is 11.8. The van der Waals surface area contributed by atoms with Crippen LogP contribution in [-0.4, -0.2) is 28.4 Å². The van der Waals surface area contributed by atoms with Crippen molar-refractivity contribution in [3.63, 3.8) is 0 Å². The van der Waals surface area contributed by atoms with Crippen LogP contribution in [0.5, 0.6) is 0 Å². The Kier molecular flexibility index (Phi) is 4.79. The zero-order valence-electron chi connectivity index (χ0n) is 11.8. The summed E-state index contributed by atoms with van der Waals surface area (Å²) in [4.78, 5) is 12.9. The summed E-state index contributed by atoms with van der Waals surface area (Å²) in [7, 11) is 0. The standard InChI is InChI=1S/C16H21NO3/c1-2-10-16(11-6-7-12-17(16)15(18)19)20-13-14-8-4-3-5-9-14/h2-5,8-10H,6-7,11-13H2,1H3,(H,18,19)/b10-2-. The molecule has 20 heavy (non-hydrogen) atoms. The van der Waals surface area contributed by atoms with Gasteiger partial charge in [-0.15, -0.1) is 0 Å². The number of piperidine rings is 1. The number of benzene rings is 1. The van der Waals surface area contributed by atoms with Crippen molar-refractivity contribution in [2.45, 2.75) is 38.5 Å². The Balaban J connectivity index is 2.17. The van der Waals surface area contributed by atoms with E-state index in [9.17, 15) is 9.90 Å². The van der Waals surface area contributed by atoms with Gasteiger partial charge in [0.05, 0.1) is 6.61 Å². The van der Waals surface area contributed by atoms with Crippen molar-refractivity contribution in [2.75, 3.05) is 6.54 Å². The number of ether oxygens (including phenoxy) is 1. The third-order valence-corrected chi connectivity index (χ3v) is 3.61. The van der Waals surface area contributed by atoms with Gasteiger partial charge in [-0.25, -0.2) is 4.79 Å². The fourth-order valence-corrected chi connectivity index (χ4v) is 2.64. The molecule has 1 saturated heterocycles. The quantitative estimate of drug-likeness (QED) is 0.853. The molecular formula is C16H21NO3. The van der Waals surface area contributed by atoms with Crippen molar-refractivity contribution in [3.05, 3.63) is 48.0 Å². The van der Waals surface area contributed by atoms with Crippen molar-refractivity contribution in [3.8, 4) is 0 Å². The third kappa shape index (κ3) is 3.20. The van der Waals surface area contributed by atoms with Crippen LogP contribution in [0.1, 0.15) is 31.7 Å². The lowest BCUT2D eigenvalue weighted by molar-refractivity contribution is -0.134. The molecule has 0 saturated carbocycles. The Bertz CT molecular complexity index is 472. The Morgan fingerprint density at radius 2 is 2.15 bits per heavy atom. The predicted octanol–water partition coefficient (Wildman–Crippen LogP) is 3.64. The highest BCUT2D eigenvalue weighted by Gasteiger charge is 2.40. The molecule has 4 heteroatoms. The predicted molar refractivity (Wildman–Crippen MR) is 77.4 cm³/mol. The molecule has 1 unspecified atom stereocenters. The van der Waals surface area contributed by atoms with Crippen LogP contribution < -0.4 is 0 Å². The van der Waals surface area contributed by atoms with E-state index in [-0.39, 0.29) is 0 Å². The number of rotatable bonds is 4. The number of nitrogens with zero attached hydrogens (tertiary/aromatic N) is 1. The molecule has 2 rings (SSSR count). The molecule has 0 radical (unpaired) electrons. The molecule has 0 spiro atoms. The largest absolute Gasteiger partial charge is 0.465 e. The first kappa shape index (κ1) is 14.6. The summed E-state index contributed by atoms with van der Waals surface area (Å²) in [6, 6.07) is 9.83. The van der Waals surface area contributed by atoms with Crippen LogP contribution in [0.2, 0.25) is 0 Å². The van der Waals surface area contributed by atoms with Crippen LogP contribution in [0.3, 0.4) is 0 Å². The number of allylic oxidation sites excluding steroid dienone is 1. The average molecular weight is 275 g/mol. The number of carboxylic acid groups (broad SMARTS) is 1. The fourth-order valence-electron chi connectivity index (χ4n) is 2.64. The van der Waals surface area contributed by atoms with Crippen LogP contribution in [-0.2, 0) is 11.3 Å². The molecule has 1 amide bonds. The van der Waals surface area contributed by atoms with Gasteiger partial charge in [-0.1, -0.05) is 36.4 Å². The monoisotopic (exact) mass is 275 g/mol. The SMILES string of the molecule is C/C=C\C1(OCc2ccccc2)CCCCN1C(=O)O. The summed E-state index contributed by atoms with van der Waals surface area (Å²) >= 11 is 0. The average Bonchev–Trinajstić information content (AvgIpc) is 2.47. The van der Waals surface area contributed by atoms with Gasteiger partial charge in [0.25, 0.3) is 0 Å². The lowest BCUT2D eigenvalue weighted by Crippen LogP contribution is -2.54. The molecule has 4 nitrogen and oxygen atoms in total. The Hall–Kier alpha value is -1.81. The van der Waals surface area contributed by atoms with Crippen molar-refractivity contribution in [1.29, 1.82) is 0 Å². The van der Waals surface area contributed by atoms with Gasteiger partial charge in [0.15, 0.2) is 5.72 Å². The van der Waals surface area contributed by atoms with Gasteiger partial charge in [-0.05, 0) is 37.8 Å². The van der Waals surface area contributed by atoms with Gasteiger partial charge >= 0.3 is 6.09 Å². The maximum absolute atomic E-state index is 11.5. The van der Waals surface area contributed by atoms with Gasteiger partial charge in [-0.3, -0.25) is 4.90 Å². The van der Waals surface area contributed by atoms with Crippen LogP contribution in [0, 0.1) is 0 Å². The minimum atomic E-state index is -0.920. The van der Waals surface area contributed by atoms with E-state index in [0.29, 0.717) is 19.6 Å². The summed E-state index contributed by atoms with van der Waals surface area (Å²) in [6.45, 7) is 2.83. The molecule has 0 aliphatic carbocycles. The maximum atomic E-state index is 11.5. The first-order valence-electron chi connectivity index (χ1n) is 7.00. The van der Waals surface area contributed by atoms with Crippen LogP contribution >= 0.6 is 0 Å². The number of hydrogen-bond acceptors (Lipinski definition) is 2. The zero-order chi connectivity index (χ0) is 14.4. The topological polar surface area (TPSA) is 49.8 Å². The summed E-state index contributed by atoms with van der Waals surface area (Å²) in [5, 5.41) is 9.41. The summed E-state index contributed by atoms with van der Waals surface area (Å²) in [6.07, 6.45) is 5.38. The molecule has 1 aromatic rings. The molecule has 0 bridgehead atoms. The molecule has 1 atom stereocenters. The summed E-state index contributed by atoms with van der Waals surface area (Å²) in [5.74, 6) is 0. The van der Waals surface area contributed by atoms with Crippen molar-refractivity contribution < 1.29 is 14.6 Å². The molecule has 1 N–H and O–H groups in total. The van der Waals surface area contributed by atoms with E-state index in [1.807, 2.05) is 49.4 Å². The van der Waals surface area contributed by atoms with Crippen LogP contribution in [0.4, 0.5) is 4.79 Å². The fraction of sp³-hybridized carbons (Fsp3) is 0.438. The molecule has 1 heterocycles. The second-order valence-corrected chi connectivity index (χ2v) is 5.01. The molecular weight excluding hydrogens is 254 g/mol. The van der Waals surface area contributed by atoms with E-state index in [1.165, 1.54) is 4.90 Å². The van der Waals surface area contributed by atoms with Crippen molar-refractivity contribution in [1.82, 2.24) is 4.90 Å². The van der Waals surface area contributed by atoms with E-state index in [1.54, 1.807) is 0 Å². The van der Waals surface area contributed by atoms with Gasteiger partial charge in [-0.2, -0.15) is 0 Å². The first-order chi connectivity index (χ1) is 9.68. The summed E-state index contributed by atoms with van der Waals surface area (Å²) in [5.41, 5.74) is 0.224. The third-order valence-electron chi connectivity index (χ3n) is 3.61. The van der Waals surface area contributed by atoms with E-state index in [4.69, 9.17) is 4.74 Å². The van der Waals surface area contributed by atoms with E-state index in [0.717, 1.165) is 18.4 Å². The van der Waals surface area contributed by atoms with Crippen LogP contribution in [0.15, 0.2) is 42.5 Å². The molecule has 1 aliphatic rings. The maximum Gasteiger partial charge on any atom is 0.409 e. The number of carbonyl (C=O) groups is 1.